The summed E-state index contributed by atoms with van der Waals surface area (Å²) >= 11 is 0. The van der Waals surface area contributed by atoms with Crippen LogP contribution in [0.15, 0.2) is 91.0 Å². The third-order valence-electron chi connectivity index (χ3n) is 5.31. The fourth-order valence-electron chi connectivity index (χ4n) is 3.63. The van der Waals surface area contributed by atoms with E-state index in [-0.39, 0.29) is 11.8 Å². The van der Waals surface area contributed by atoms with Gasteiger partial charge in [0.05, 0.1) is 5.92 Å². The first kappa shape index (κ1) is 22.2. The minimum absolute atomic E-state index is 0.159. The number of para-hydroxylation sites is 1. The zero-order chi connectivity index (χ0) is 22.1. The number of carbonyl (C=O) groups is 2. The van der Waals surface area contributed by atoms with Crippen molar-refractivity contribution in [2.24, 2.45) is 5.73 Å². The van der Waals surface area contributed by atoms with E-state index in [1.165, 1.54) is 0 Å². The van der Waals surface area contributed by atoms with Crippen LogP contribution >= 0.6 is 0 Å². The molecule has 5 heteroatoms. The molecule has 0 unspecified atom stereocenters. The Balaban J connectivity index is 1.86. The van der Waals surface area contributed by atoms with Gasteiger partial charge >= 0.3 is 0 Å². The van der Waals surface area contributed by atoms with Crippen LogP contribution in [-0.4, -0.2) is 31.4 Å². The van der Waals surface area contributed by atoms with Crippen LogP contribution < -0.4 is 16.0 Å². The van der Waals surface area contributed by atoms with Crippen LogP contribution in [0.1, 0.15) is 29.9 Å². The average Bonchev–Trinajstić information content (AvgIpc) is 2.83. The molecule has 5 nitrogen and oxygen atoms in total. The predicted octanol–water partition coefficient (Wildman–Crippen LogP) is 3.71. The molecule has 160 valence electrons. The first-order chi connectivity index (χ1) is 15.1. The number of benzene rings is 3. The van der Waals surface area contributed by atoms with Gasteiger partial charge in [0.1, 0.15) is 6.04 Å². The van der Waals surface area contributed by atoms with Gasteiger partial charge in [-0.3, -0.25) is 9.59 Å². The summed E-state index contributed by atoms with van der Waals surface area (Å²) in [6.45, 7) is 0.454. The maximum atomic E-state index is 13.5. The molecular formula is C26H29N3O2. The van der Waals surface area contributed by atoms with Crippen molar-refractivity contribution < 1.29 is 9.59 Å². The zero-order valence-electron chi connectivity index (χ0n) is 17.8. The Kier molecular flexibility index (Phi) is 7.96. The number of amides is 2. The molecule has 0 aliphatic carbocycles. The highest BCUT2D eigenvalue weighted by Crippen LogP contribution is 2.25. The highest BCUT2D eigenvalue weighted by atomic mass is 16.2. The fraction of sp³-hybridized carbons (Fsp3) is 0.231. The maximum Gasteiger partial charge on any atom is 0.249 e. The minimum atomic E-state index is -0.656. The van der Waals surface area contributed by atoms with Crippen LogP contribution in [0.25, 0.3) is 0 Å². The average molecular weight is 416 g/mol. The summed E-state index contributed by atoms with van der Waals surface area (Å²) in [6, 6.07) is 28.0. The van der Waals surface area contributed by atoms with Crippen molar-refractivity contribution in [3.05, 3.63) is 102 Å². The number of nitrogens with one attached hydrogen (secondary N) is 1. The van der Waals surface area contributed by atoms with Gasteiger partial charge in [-0.15, -0.1) is 0 Å². The summed E-state index contributed by atoms with van der Waals surface area (Å²) in [4.78, 5) is 28.3. The number of nitrogens with two attached hydrogens (primary N) is 1. The Labute approximate surface area is 183 Å². The zero-order valence-corrected chi connectivity index (χ0v) is 17.8. The number of anilines is 1. The highest BCUT2D eigenvalue weighted by molar-refractivity contribution is 6.00. The van der Waals surface area contributed by atoms with Crippen LogP contribution in [0.5, 0.6) is 0 Å². The minimum Gasteiger partial charge on any atom is -0.343 e. The molecule has 0 spiro atoms. The summed E-state index contributed by atoms with van der Waals surface area (Å²) in [5, 5.41) is 3.01. The Morgan fingerprint density at radius 2 is 1.32 bits per heavy atom. The summed E-state index contributed by atoms with van der Waals surface area (Å²) in [7, 11) is 1.73. The van der Waals surface area contributed by atoms with Gasteiger partial charge in [-0.05, 0) is 42.6 Å². The normalized spacial score (nSPS) is 11.7. The van der Waals surface area contributed by atoms with Crippen LogP contribution in [0, 0.1) is 0 Å². The lowest BCUT2D eigenvalue weighted by molar-refractivity contribution is -0.128. The molecule has 1 atom stereocenters. The molecular weight excluding hydrogens is 386 g/mol. The standard InChI is InChI=1S/C26H29N3O2/c1-29(22-16-9-4-10-17-22)26(31)23(18-11-19-27)28-25(30)24(20-12-5-2-6-13-20)21-14-7-3-8-15-21/h2-10,12-17,23-24H,11,18-19,27H2,1H3,(H,28,30)/t23-/m0/s1. The monoisotopic (exact) mass is 415 g/mol. The van der Waals surface area contributed by atoms with Crippen molar-refractivity contribution in [1.29, 1.82) is 0 Å². The molecule has 3 N–H and O–H groups in total. The summed E-state index contributed by atoms with van der Waals surface area (Å²) in [5.74, 6) is -0.861. The molecule has 0 saturated carbocycles. The van der Waals surface area contributed by atoms with Gasteiger partial charge in [-0.2, -0.15) is 0 Å². The van der Waals surface area contributed by atoms with Crippen LogP contribution in [0.4, 0.5) is 5.69 Å². The van der Waals surface area contributed by atoms with Gasteiger partial charge in [0.15, 0.2) is 0 Å². The van der Waals surface area contributed by atoms with Crippen molar-refractivity contribution in [1.82, 2.24) is 5.32 Å². The lowest BCUT2D eigenvalue weighted by Gasteiger charge is -2.27. The molecule has 0 heterocycles. The number of rotatable bonds is 9. The molecule has 2 amide bonds. The number of carbonyl (C=O) groups excluding carboxylic acids is 2. The second kappa shape index (κ2) is 11.1. The van der Waals surface area contributed by atoms with E-state index >= 15 is 0 Å². The van der Waals surface area contributed by atoms with Gasteiger partial charge in [-0.25, -0.2) is 0 Å². The van der Waals surface area contributed by atoms with Crippen molar-refractivity contribution >= 4 is 17.5 Å². The number of likely N-dealkylation sites (N-methyl/N-ethyl adjacent to an activating group) is 1. The molecule has 3 rings (SSSR count). The molecule has 3 aromatic rings. The summed E-state index contributed by atoms with van der Waals surface area (Å²) in [6.07, 6.45) is 1.12. The van der Waals surface area contributed by atoms with Crippen molar-refractivity contribution in [2.75, 3.05) is 18.5 Å². The van der Waals surface area contributed by atoms with Gasteiger partial charge in [0, 0.05) is 12.7 Å². The maximum absolute atomic E-state index is 13.5. The molecule has 0 radical (unpaired) electrons. The van der Waals surface area contributed by atoms with Crippen LogP contribution in [-0.2, 0) is 9.59 Å². The van der Waals surface area contributed by atoms with Gasteiger partial charge in [0.25, 0.3) is 0 Å². The van der Waals surface area contributed by atoms with E-state index in [9.17, 15) is 9.59 Å². The van der Waals surface area contributed by atoms with E-state index in [1.807, 2.05) is 91.0 Å². The summed E-state index contributed by atoms with van der Waals surface area (Å²) < 4.78 is 0. The Morgan fingerprint density at radius 1 is 0.839 bits per heavy atom. The highest BCUT2D eigenvalue weighted by Gasteiger charge is 2.29. The first-order valence-electron chi connectivity index (χ1n) is 10.5. The molecule has 31 heavy (non-hydrogen) atoms. The van der Waals surface area contributed by atoms with Crippen LogP contribution in [0.2, 0.25) is 0 Å². The number of hydrogen-bond acceptors (Lipinski definition) is 3. The third-order valence-corrected chi connectivity index (χ3v) is 5.31. The Morgan fingerprint density at radius 3 is 1.81 bits per heavy atom. The molecule has 0 bridgehead atoms. The lowest BCUT2D eigenvalue weighted by Crippen LogP contribution is -2.49. The van der Waals surface area contributed by atoms with E-state index in [0.717, 1.165) is 16.8 Å². The quantitative estimate of drug-likeness (QED) is 0.559. The molecule has 0 aromatic heterocycles. The molecule has 3 aromatic carbocycles. The van der Waals surface area contributed by atoms with E-state index < -0.39 is 12.0 Å². The van der Waals surface area contributed by atoms with Crippen LogP contribution in [0.3, 0.4) is 0 Å². The smallest absolute Gasteiger partial charge is 0.249 e. The molecule has 0 aliphatic rings. The van der Waals surface area contributed by atoms with E-state index in [0.29, 0.717) is 19.4 Å². The van der Waals surface area contributed by atoms with Gasteiger partial charge in [-0.1, -0.05) is 78.9 Å². The Bertz CT molecular complexity index is 922. The predicted molar refractivity (Wildman–Crippen MR) is 125 cm³/mol. The van der Waals surface area contributed by atoms with E-state index in [4.69, 9.17) is 5.73 Å². The topological polar surface area (TPSA) is 75.4 Å². The molecule has 0 saturated heterocycles. The van der Waals surface area contributed by atoms with Gasteiger partial charge in [0.2, 0.25) is 11.8 Å². The fourth-order valence-corrected chi connectivity index (χ4v) is 3.63. The second-order valence-electron chi connectivity index (χ2n) is 7.48. The molecule has 0 fully saturated rings. The SMILES string of the molecule is CN(C(=O)[C@H](CCCN)NC(=O)C(c1ccccc1)c1ccccc1)c1ccccc1. The van der Waals surface area contributed by atoms with Crippen molar-refractivity contribution in [3.8, 4) is 0 Å². The Hall–Kier alpha value is -3.44. The lowest BCUT2D eigenvalue weighted by atomic mass is 9.90. The van der Waals surface area contributed by atoms with Gasteiger partial charge < -0.3 is 16.0 Å². The molecule has 0 aliphatic heterocycles. The van der Waals surface area contributed by atoms with Crippen molar-refractivity contribution in [3.63, 3.8) is 0 Å². The second-order valence-corrected chi connectivity index (χ2v) is 7.48. The van der Waals surface area contributed by atoms with Crippen molar-refractivity contribution in [2.45, 2.75) is 24.8 Å². The van der Waals surface area contributed by atoms with E-state index in [2.05, 4.69) is 5.32 Å². The first-order valence-corrected chi connectivity index (χ1v) is 10.5. The third kappa shape index (κ3) is 5.80. The number of nitrogens with zero attached hydrogens (tertiary/aromatic N) is 1. The van der Waals surface area contributed by atoms with E-state index in [1.54, 1.807) is 11.9 Å². The summed E-state index contributed by atoms with van der Waals surface area (Å²) in [5.41, 5.74) is 8.24. The number of hydrogen-bond donors (Lipinski definition) is 2. The largest absolute Gasteiger partial charge is 0.343 e.